The van der Waals surface area contributed by atoms with E-state index < -0.39 is 23.4 Å². The van der Waals surface area contributed by atoms with E-state index in [2.05, 4.69) is 4.98 Å². The number of nitrogens with zero attached hydrogens (tertiary/aromatic N) is 1. The maximum Gasteiger partial charge on any atom is 0.336 e. The van der Waals surface area contributed by atoms with E-state index in [0.29, 0.717) is 17.9 Å². The average Bonchev–Trinajstić information content (AvgIpc) is 2.74. The van der Waals surface area contributed by atoms with E-state index in [-0.39, 0.29) is 33.3 Å². The number of aromatic nitrogens is 1. The molecule has 0 saturated carbocycles. The zero-order valence-corrected chi connectivity index (χ0v) is 16.3. The Morgan fingerprint density at radius 3 is 2.45 bits per heavy atom. The standard InChI is InChI=1S/C24H16F3NO3/c1-2-31-15-5-3-4-13(8-15)16-10-21(27)19(11-20(16)26)23-12-18(24(29)30)17-9-14(25)6-7-22(17)28-23/h3-12H,2H2,1H3,(H,29,30). The molecule has 0 aliphatic rings. The first-order valence-corrected chi connectivity index (χ1v) is 9.43. The quantitative estimate of drug-likeness (QED) is 0.422. The van der Waals surface area contributed by atoms with Crippen LogP contribution in [0.1, 0.15) is 17.3 Å². The van der Waals surface area contributed by atoms with Crippen molar-refractivity contribution in [2.45, 2.75) is 6.92 Å². The summed E-state index contributed by atoms with van der Waals surface area (Å²) in [6, 6.07) is 13.2. The van der Waals surface area contributed by atoms with E-state index in [1.807, 2.05) is 6.92 Å². The maximum atomic E-state index is 15.0. The monoisotopic (exact) mass is 423 g/mol. The second-order valence-corrected chi connectivity index (χ2v) is 6.79. The molecule has 0 unspecified atom stereocenters. The van der Waals surface area contributed by atoms with Crippen LogP contribution in [0.5, 0.6) is 5.75 Å². The number of benzene rings is 3. The normalized spacial score (nSPS) is 11.0. The molecule has 0 aliphatic carbocycles. The van der Waals surface area contributed by atoms with Crippen LogP contribution in [-0.4, -0.2) is 22.7 Å². The first-order chi connectivity index (χ1) is 14.9. The summed E-state index contributed by atoms with van der Waals surface area (Å²) in [6.07, 6.45) is 0. The highest BCUT2D eigenvalue weighted by Crippen LogP contribution is 2.33. The fourth-order valence-electron chi connectivity index (χ4n) is 3.40. The summed E-state index contributed by atoms with van der Waals surface area (Å²) in [5.74, 6) is -2.91. The number of carbonyl (C=O) groups is 1. The maximum absolute atomic E-state index is 15.0. The molecular weight excluding hydrogens is 407 g/mol. The number of hydrogen-bond acceptors (Lipinski definition) is 3. The number of ether oxygens (including phenoxy) is 1. The second kappa shape index (κ2) is 8.10. The van der Waals surface area contributed by atoms with E-state index in [0.717, 1.165) is 30.3 Å². The lowest BCUT2D eigenvalue weighted by Gasteiger charge is -2.11. The third-order valence-electron chi connectivity index (χ3n) is 4.79. The lowest BCUT2D eigenvalue weighted by atomic mass is 9.99. The molecule has 1 aromatic heterocycles. The molecule has 0 bridgehead atoms. The van der Waals surface area contributed by atoms with Gasteiger partial charge in [-0.05, 0) is 61.0 Å². The Hall–Kier alpha value is -3.87. The fraction of sp³-hybridized carbons (Fsp3) is 0.0833. The summed E-state index contributed by atoms with van der Waals surface area (Å²) >= 11 is 0. The van der Waals surface area contributed by atoms with Gasteiger partial charge in [0.15, 0.2) is 0 Å². The molecule has 0 amide bonds. The van der Waals surface area contributed by atoms with Gasteiger partial charge in [-0.25, -0.2) is 22.9 Å². The summed E-state index contributed by atoms with van der Waals surface area (Å²) < 4.78 is 48.9. The zero-order valence-electron chi connectivity index (χ0n) is 16.3. The van der Waals surface area contributed by atoms with Crippen LogP contribution in [0.4, 0.5) is 13.2 Å². The van der Waals surface area contributed by atoms with Gasteiger partial charge in [0.1, 0.15) is 23.2 Å². The van der Waals surface area contributed by atoms with Crippen LogP contribution < -0.4 is 4.74 Å². The van der Waals surface area contributed by atoms with Gasteiger partial charge in [-0.2, -0.15) is 0 Å². The number of carboxylic acid groups (broad SMARTS) is 1. The minimum Gasteiger partial charge on any atom is -0.494 e. The first-order valence-electron chi connectivity index (χ1n) is 9.43. The molecule has 3 aromatic carbocycles. The van der Waals surface area contributed by atoms with Crippen LogP contribution >= 0.6 is 0 Å². The average molecular weight is 423 g/mol. The van der Waals surface area contributed by atoms with Crippen molar-refractivity contribution < 1.29 is 27.8 Å². The number of carboxylic acids is 1. The van der Waals surface area contributed by atoms with Crippen molar-refractivity contribution in [2.24, 2.45) is 0 Å². The molecule has 0 saturated heterocycles. The molecule has 4 nitrogen and oxygen atoms in total. The first kappa shape index (κ1) is 20.4. The van der Waals surface area contributed by atoms with Gasteiger partial charge in [0.25, 0.3) is 0 Å². The molecule has 0 spiro atoms. The molecular formula is C24H16F3NO3. The van der Waals surface area contributed by atoms with Gasteiger partial charge >= 0.3 is 5.97 Å². The molecule has 0 atom stereocenters. The Bertz CT molecular complexity index is 1320. The summed E-state index contributed by atoms with van der Waals surface area (Å²) in [5, 5.41) is 9.57. The van der Waals surface area contributed by atoms with E-state index in [9.17, 15) is 18.7 Å². The van der Waals surface area contributed by atoms with E-state index >= 15 is 4.39 Å². The number of pyridine rings is 1. The topological polar surface area (TPSA) is 59.4 Å². The summed E-state index contributed by atoms with van der Waals surface area (Å²) in [6.45, 7) is 2.25. The second-order valence-electron chi connectivity index (χ2n) is 6.79. The molecule has 1 N–H and O–H groups in total. The lowest BCUT2D eigenvalue weighted by Crippen LogP contribution is -2.02. The van der Waals surface area contributed by atoms with E-state index in [1.165, 1.54) is 6.07 Å². The Balaban J connectivity index is 1.85. The van der Waals surface area contributed by atoms with Crippen LogP contribution in [0, 0.1) is 17.5 Å². The Morgan fingerprint density at radius 2 is 1.71 bits per heavy atom. The van der Waals surface area contributed by atoms with Crippen molar-refractivity contribution in [3.8, 4) is 28.1 Å². The highest BCUT2D eigenvalue weighted by molar-refractivity contribution is 6.03. The SMILES string of the molecule is CCOc1cccc(-c2cc(F)c(-c3cc(C(=O)O)c4cc(F)ccc4n3)cc2F)c1. The van der Waals surface area contributed by atoms with Crippen LogP contribution in [0.25, 0.3) is 33.3 Å². The number of rotatable bonds is 5. The van der Waals surface area contributed by atoms with Gasteiger partial charge in [-0.1, -0.05) is 12.1 Å². The largest absolute Gasteiger partial charge is 0.494 e. The third-order valence-corrected chi connectivity index (χ3v) is 4.79. The third kappa shape index (κ3) is 3.94. The van der Waals surface area contributed by atoms with Crippen molar-refractivity contribution in [2.75, 3.05) is 6.61 Å². The van der Waals surface area contributed by atoms with Crippen LogP contribution in [-0.2, 0) is 0 Å². The van der Waals surface area contributed by atoms with Crippen molar-refractivity contribution in [1.29, 1.82) is 0 Å². The summed E-state index contributed by atoms with van der Waals surface area (Å²) in [5.41, 5.74) is 0.0991. The van der Waals surface area contributed by atoms with Gasteiger partial charge in [-0.3, -0.25) is 0 Å². The molecule has 4 aromatic rings. The summed E-state index contributed by atoms with van der Waals surface area (Å²) in [7, 11) is 0. The number of hydrogen-bond donors (Lipinski definition) is 1. The van der Waals surface area contributed by atoms with Gasteiger partial charge in [-0.15, -0.1) is 0 Å². The van der Waals surface area contributed by atoms with Crippen molar-refractivity contribution in [3.63, 3.8) is 0 Å². The molecule has 4 rings (SSSR count). The zero-order chi connectivity index (χ0) is 22.1. The molecule has 31 heavy (non-hydrogen) atoms. The van der Waals surface area contributed by atoms with Gasteiger partial charge in [0.2, 0.25) is 0 Å². The molecule has 156 valence electrons. The van der Waals surface area contributed by atoms with Gasteiger partial charge < -0.3 is 9.84 Å². The number of fused-ring (bicyclic) bond motifs is 1. The van der Waals surface area contributed by atoms with Crippen molar-refractivity contribution in [3.05, 3.63) is 83.7 Å². The minimum absolute atomic E-state index is 0.0316. The fourth-order valence-corrected chi connectivity index (χ4v) is 3.40. The molecule has 0 radical (unpaired) electrons. The van der Waals surface area contributed by atoms with Crippen LogP contribution in [0.2, 0.25) is 0 Å². The number of halogens is 3. The van der Waals surface area contributed by atoms with E-state index in [1.54, 1.807) is 24.3 Å². The van der Waals surface area contributed by atoms with Gasteiger partial charge in [0, 0.05) is 16.5 Å². The smallest absolute Gasteiger partial charge is 0.336 e. The molecule has 1 heterocycles. The summed E-state index contributed by atoms with van der Waals surface area (Å²) in [4.78, 5) is 15.9. The van der Waals surface area contributed by atoms with Crippen LogP contribution in [0.15, 0.2) is 60.7 Å². The number of aromatic carboxylic acids is 1. The minimum atomic E-state index is -1.33. The predicted molar refractivity (Wildman–Crippen MR) is 111 cm³/mol. The Morgan fingerprint density at radius 1 is 0.968 bits per heavy atom. The van der Waals surface area contributed by atoms with Crippen LogP contribution in [0.3, 0.4) is 0 Å². The molecule has 0 fully saturated rings. The lowest BCUT2D eigenvalue weighted by molar-refractivity contribution is 0.0699. The Kier molecular flexibility index (Phi) is 5.33. The van der Waals surface area contributed by atoms with Crippen molar-refractivity contribution in [1.82, 2.24) is 4.98 Å². The Labute approximate surface area is 175 Å². The highest BCUT2D eigenvalue weighted by Gasteiger charge is 2.18. The molecule has 0 aliphatic heterocycles. The highest BCUT2D eigenvalue weighted by atomic mass is 19.1. The van der Waals surface area contributed by atoms with Crippen molar-refractivity contribution >= 4 is 16.9 Å². The van der Waals surface area contributed by atoms with Gasteiger partial charge in [0.05, 0.1) is 23.4 Å². The molecule has 7 heteroatoms. The predicted octanol–water partition coefficient (Wildman–Crippen LogP) is 6.08. The van der Waals surface area contributed by atoms with E-state index in [4.69, 9.17) is 4.74 Å².